The van der Waals surface area contributed by atoms with Crippen LogP contribution in [0.4, 0.5) is 0 Å². The first-order valence-electron chi connectivity index (χ1n) is 5.34. The van der Waals surface area contributed by atoms with Crippen molar-refractivity contribution in [1.29, 1.82) is 0 Å². The number of rotatable bonds is 5. The first-order valence-corrected chi connectivity index (χ1v) is 5.34. The molecule has 1 N–H and O–H groups in total. The summed E-state index contributed by atoms with van der Waals surface area (Å²) >= 11 is 0. The van der Waals surface area contributed by atoms with Crippen molar-refractivity contribution in [1.82, 2.24) is 9.78 Å². The fourth-order valence-corrected chi connectivity index (χ4v) is 1.57. The van der Waals surface area contributed by atoms with Crippen LogP contribution < -0.4 is 4.74 Å². The van der Waals surface area contributed by atoms with Gasteiger partial charge in [-0.1, -0.05) is 0 Å². The van der Waals surface area contributed by atoms with Crippen LogP contribution >= 0.6 is 0 Å². The summed E-state index contributed by atoms with van der Waals surface area (Å²) < 4.78 is 7.19. The van der Waals surface area contributed by atoms with Crippen molar-refractivity contribution >= 4 is 0 Å². The lowest BCUT2D eigenvalue weighted by atomic mass is 10.1. The molecule has 1 rings (SSSR count). The summed E-state index contributed by atoms with van der Waals surface area (Å²) in [6.45, 7) is 5.96. The summed E-state index contributed by atoms with van der Waals surface area (Å²) in [6.07, 6.45) is 2.97. The van der Waals surface area contributed by atoms with Crippen molar-refractivity contribution in [3.8, 4) is 5.75 Å². The maximum atomic E-state index is 9.27. The van der Waals surface area contributed by atoms with E-state index in [4.69, 9.17) is 4.74 Å². The minimum Gasteiger partial charge on any atom is -0.493 e. The van der Waals surface area contributed by atoms with E-state index in [1.807, 2.05) is 4.68 Å². The molecule has 1 heterocycles. The molecule has 1 aromatic rings. The van der Waals surface area contributed by atoms with E-state index in [9.17, 15) is 5.11 Å². The molecule has 0 fully saturated rings. The second kappa shape index (κ2) is 5.16. The highest BCUT2D eigenvalue weighted by molar-refractivity contribution is 5.25. The molecule has 1 atom stereocenters. The van der Waals surface area contributed by atoms with Crippen LogP contribution in [-0.2, 0) is 6.42 Å². The lowest BCUT2D eigenvalue weighted by Crippen LogP contribution is -2.10. The van der Waals surface area contributed by atoms with Crippen LogP contribution in [-0.4, -0.2) is 28.1 Å². The van der Waals surface area contributed by atoms with Crippen LogP contribution in [0.25, 0.3) is 0 Å². The van der Waals surface area contributed by atoms with Gasteiger partial charge in [-0.3, -0.25) is 4.68 Å². The molecule has 15 heavy (non-hydrogen) atoms. The first-order chi connectivity index (χ1) is 7.06. The molecule has 0 amide bonds. The Hall–Kier alpha value is -1.03. The predicted molar refractivity (Wildman–Crippen MR) is 59.2 cm³/mol. The molecular formula is C11H20N2O2. The zero-order valence-electron chi connectivity index (χ0n) is 9.90. The fraction of sp³-hybridized carbons (Fsp3) is 0.727. The van der Waals surface area contributed by atoms with Gasteiger partial charge in [-0.15, -0.1) is 0 Å². The van der Waals surface area contributed by atoms with Gasteiger partial charge in [-0.2, -0.15) is 5.10 Å². The van der Waals surface area contributed by atoms with E-state index in [0.717, 1.165) is 24.3 Å². The van der Waals surface area contributed by atoms with Crippen molar-refractivity contribution in [2.75, 3.05) is 7.11 Å². The highest BCUT2D eigenvalue weighted by atomic mass is 16.5. The minimum atomic E-state index is -0.287. The van der Waals surface area contributed by atoms with Crippen LogP contribution in [0.3, 0.4) is 0 Å². The molecule has 86 valence electrons. The Bertz CT molecular complexity index is 306. The minimum absolute atomic E-state index is 0.287. The summed E-state index contributed by atoms with van der Waals surface area (Å²) in [5.74, 6) is 0.810. The number of methoxy groups -OCH3 is 1. The maximum absolute atomic E-state index is 9.27. The molecule has 4 nitrogen and oxygen atoms in total. The smallest absolute Gasteiger partial charge is 0.159 e. The average molecular weight is 212 g/mol. The molecule has 0 aliphatic carbocycles. The van der Waals surface area contributed by atoms with E-state index in [1.165, 1.54) is 0 Å². The highest BCUT2D eigenvalue weighted by Gasteiger charge is 2.13. The summed E-state index contributed by atoms with van der Waals surface area (Å²) in [6, 6.07) is 0.317. The zero-order chi connectivity index (χ0) is 11.4. The standard InChI is InChI=1S/C11H20N2O2/c1-8(2)13-10(6-5-9(3)14)11(15-4)7-12-13/h7-9,14H,5-6H2,1-4H3. The molecule has 0 radical (unpaired) electrons. The van der Waals surface area contributed by atoms with Crippen molar-refractivity contribution in [2.24, 2.45) is 0 Å². The number of nitrogens with zero attached hydrogens (tertiary/aromatic N) is 2. The number of hydrogen-bond acceptors (Lipinski definition) is 3. The first kappa shape index (κ1) is 12.0. The molecule has 0 bridgehead atoms. The van der Waals surface area contributed by atoms with E-state index in [1.54, 1.807) is 20.2 Å². The quantitative estimate of drug-likeness (QED) is 0.809. The maximum Gasteiger partial charge on any atom is 0.159 e. The Morgan fingerprint density at radius 2 is 2.13 bits per heavy atom. The Balaban J connectivity index is 2.85. The van der Waals surface area contributed by atoms with Gasteiger partial charge < -0.3 is 9.84 Å². The molecule has 0 spiro atoms. The summed E-state index contributed by atoms with van der Waals surface area (Å²) in [4.78, 5) is 0. The van der Waals surface area contributed by atoms with E-state index in [0.29, 0.717) is 6.04 Å². The lowest BCUT2D eigenvalue weighted by molar-refractivity contribution is 0.183. The van der Waals surface area contributed by atoms with Gasteiger partial charge in [0.2, 0.25) is 0 Å². The van der Waals surface area contributed by atoms with E-state index in [-0.39, 0.29) is 6.10 Å². The van der Waals surface area contributed by atoms with Gasteiger partial charge >= 0.3 is 0 Å². The van der Waals surface area contributed by atoms with E-state index < -0.39 is 0 Å². The third kappa shape index (κ3) is 2.96. The zero-order valence-corrected chi connectivity index (χ0v) is 9.90. The second-order valence-electron chi connectivity index (χ2n) is 4.09. The third-order valence-corrected chi connectivity index (χ3v) is 2.37. The van der Waals surface area contributed by atoms with Gasteiger partial charge in [0.05, 0.1) is 25.1 Å². The van der Waals surface area contributed by atoms with E-state index >= 15 is 0 Å². The van der Waals surface area contributed by atoms with Crippen molar-refractivity contribution < 1.29 is 9.84 Å². The van der Waals surface area contributed by atoms with Crippen LogP contribution in [0.2, 0.25) is 0 Å². The Morgan fingerprint density at radius 1 is 1.47 bits per heavy atom. The van der Waals surface area contributed by atoms with E-state index in [2.05, 4.69) is 18.9 Å². The molecule has 1 aromatic heterocycles. The van der Waals surface area contributed by atoms with Crippen LogP contribution in [0.15, 0.2) is 6.20 Å². The normalized spacial score (nSPS) is 13.2. The lowest BCUT2D eigenvalue weighted by Gasteiger charge is -2.12. The van der Waals surface area contributed by atoms with Crippen LogP contribution in [0.1, 0.15) is 38.9 Å². The number of aliphatic hydroxyl groups excluding tert-OH is 1. The number of hydrogen-bond donors (Lipinski definition) is 1. The fourth-order valence-electron chi connectivity index (χ4n) is 1.57. The van der Waals surface area contributed by atoms with Gasteiger partial charge in [0.15, 0.2) is 5.75 Å². The summed E-state index contributed by atoms with van der Waals surface area (Å²) in [5.41, 5.74) is 1.06. The number of ether oxygens (including phenoxy) is 1. The Morgan fingerprint density at radius 3 is 2.60 bits per heavy atom. The topological polar surface area (TPSA) is 47.3 Å². The number of aromatic nitrogens is 2. The monoisotopic (exact) mass is 212 g/mol. The average Bonchev–Trinajstić information content (AvgIpc) is 2.57. The largest absolute Gasteiger partial charge is 0.493 e. The van der Waals surface area contributed by atoms with Gasteiger partial charge in [0.1, 0.15) is 0 Å². The molecule has 0 aliphatic heterocycles. The molecular weight excluding hydrogens is 192 g/mol. The molecule has 4 heteroatoms. The van der Waals surface area contributed by atoms with Crippen LogP contribution in [0.5, 0.6) is 5.75 Å². The molecule has 0 aromatic carbocycles. The van der Waals surface area contributed by atoms with Gasteiger partial charge in [0, 0.05) is 6.04 Å². The van der Waals surface area contributed by atoms with Gasteiger partial charge in [0.25, 0.3) is 0 Å². The molecule has 0 saturated heterocycles. The molecule has 0 saturated carbocycles. The Labute approximate surface area is 90.9 Å². The van der Waals surface area contributed by atoms with Gasteiger partial charge in [-0.05, 0) is 33.6 Å². The molecule has 0 aliphatic rings. The summed E-state index contributed by atoms with van der Waals surface area (Å²) in [5, 5.41) is 13.5. The van der Waals surface area contributed by atoms with Gasteiger partial charge in [-0.25, -0.2) is 0 Å². The number of aliphatic hydroxyl groups is 1. The van der Waals surface area contributed by atoms with Crippen molar-refractivity contribution in [3.63, 3.8) is 0 Å². The van der Waals surface area contributed by atoms with Crippen molar-refractivity contribution in [3.05, 3.63) is 11.9 Å². The summed E-state index contributed by atoms with van der Waals surface area (Å²) in [7, 11) is 1.65. The SMILES string of the molecule is COc1cnn(C(C)C)c1CCC(C)O. The molecule has 1 unspecified atom stereocenters. The Kier molecular flexibility index (Phi) is 4.15. The van der Waals surface area contributed by atoms with Crippen molar-refractivity contribution in [2.45, 2.75) is 45.8 Å². The second-order valence-corrected chi connectivity index (χ2v) is 4.09. The van der Waals surface area contributed by atoms with Crippen LogP contribution in [0, 0.1) is 0 Å². The predicted octanol–water partition coefficient (Wildman–Crippen LogP) is 1.79. The third-order valence-electron chi connectivity index (χ3n) is 2.37. The highest BCUT2D eigenvalue weighted by Crippen LogP contribution is 2.22.